The van der Waals surface area contributed by atoms with E-state index in [-0.39, 0.29) is 24.2 Å². The molecule has 0 radical (unpaired) electrons. The summed E-state index contributed by atoms with van der Waals surface area (Å²) in [5, 5.41) is 0. The standard InChI is InChI=1S/C24H29FN4O2/c1-26(16-20-7-2-4-8-21(20)25)23(30)17-27-12-14-28(15-13-27)18-24(31)29-11-10-19-6-3-5-9-22(19)29/h2-9H,10-18H2,1H3. The van der Waals surface area contributed by atoms with Crippen LogP contribution >= 0.6 is 0 Å². The van der Waals surface area contributed by atoms with Gasteiger partial charge in [-0.05, 0) is 24.1 Å². The summed E-state index contributed by atoms with van der Waals surface area (Å²) in [5.74, 6) is -0.179. The highest BCUT2D eigenvalue weighted by molar-refractivity contribution is 5.96. The van der Waals surface area contributed by atoms with Crippen LogP contribution in [0, 0.1) is 5.82 Å². The maximum atomic E-state index is 13.8. The number of para-hydroxylation sites is 1. The number of nitrogens with zero attached hydrogens (tertiary/aromatic N) is 4. The van der Waals surface area contributed by atoms with Crippen LogP contribution in [0.3, 0.4) is 0 Å². The van der Waals surface area contributed by atoms with Crippen molar-refractivity contribution in [3.8, 4) is 0 Å². The van der Waals surface area contributed by atoms with Crippen molar-refractivity contribution in [2.24, 2.45) is 0 Å². The highest BCUT2D eigenvalue weighted by Crippen LogP contribution is 2.27. The van der Waals surface area contributed by atoms with Crippen molar-refractivity contribution < 1.29 is 14.0 Å². The molecule has 4 rings (SSSR count). The molecule has 2 aliphatic rings. The fourth-order valence-electron chi connectivity index (χ4n) is 4.26. The molecule has 0 atom stereocenters. The molecular weight excluding hydrogens is 395 g/mol. The average Bonchev–Trinajstić information content (AvgIpc) is 3.21. The number of carbonyl (C=O) groups excluding carboxylic acids is 2. The van der Waals surface area contributed by atoms with E-state index >= 15 is 0 Å². The maximum absolute atomic E-state index is 13.8. The molecule has 31 heavy (non-hydrogen) atoms. The lowest BCUT2D eigenvalue weighted by Crippen LogP contribution is -2.52. The molecular formula is C24H29FN4O2. The van der Waals surface area contributed by atoms with Gasteiger partial charge in [-0.3, -0.25) is 19.4 Å². The Morgan fingerprint density at radius 3 is 2.29 bits per heavy atom. The fraction of sp³-hybridized carbons (Fsp3) is 0.417. The average molecular weight is 425 g/mol. The number of fused-ring (bicyclic) bond motifs is 1. The maximum Gasteiger partial charge on any atom is 0.241 e. The second-order valence-corrected chi connectivity index (χ2v) is 8.32. The largest absolute Gasteiger partial charge is 0.340 e. The van der Waals surface area contributed by atoms with Crippen LogP contribution in [0.25, 0.3) is 0 Å². The minimum Gasteiger partial charge on any atom is -0.340 e. The van der Waals surface area contributed by atoms with Gasteiger partial charge in [-0.2, -0.15) is 0 Å². The number of anilines is 1. The van der Waals surface area contributed by atoms with Crippen LogP contribution in [0.2, 0.25) is 0 Å². The van der Waals surface area contributed by atoms with E-state index in [9.17, 15) is 14.0 Å². The first kappa shape index (κ1) is 21.5. The Kier molecular flexibility index (Phi) is 6.63. The van der Waals surface area contributed by atoms with E-state index in [0.29, 0.717) is 18.7 Å². The summed E-state index contributed by atoms with van der Waals surface area (Å²) in [7, 11) is 1.71. The van der Waals surface area contributed by atoms with E-state index in [4.69, 9.17) is 0 Å². The number of amides is 2. The SMILES string of the molecule is CN(Cc1ccccc1F)C(=O)CN1CCN(CC(=O)N2CCc3ccccc32)CC1. The van der Waals surface area contributed by atoms with E-state index in [2.05, 4.69) is 15.9 Å². The smallest absolute Gasteiger partial charge is 0.241 e. The van der Waals surface area contributed by atoms with Gasteiger partial charge in [-0.25, -0.2) is 4.39 Å². The first-order valence-corrected chi connectivity index (χ1v) is 10.8. The predicted molar refractivity (Wildman–Crippen MR) is 118 cm³/mol. The van der Waals surface area contributed by atoms with Gasteiger partial charge >= 0.3 is 0 Å². The van der Waals surface area contributed by atoms with Crippen LogP contribution in [-0.4, -0.2) is 79.4 Å². The van der Waals surface area contributed by atoms with E-state index in [1.165, 1.54) is 11.6 Å². The molecule has 0 aliphatic carbocycles. The van der Waals surface area contributed by atoms with Gasteiger partial charge in [0.05, 0.1) is 13.1 Å². The minimum absolute atomic E-state index is 0.0264. The molecule has 7 heteroatoms. The molecule has 2 amide bonds. The van der Waals surface area contributed by atoms with Gasteiger partial charge in [-0.15, -0.1) is 0 Å². The van der Waals surface area contributed by atoms with E-state index in [0.717, 1.165) is 44.8 Å². The predicted octanol–water partition coefficient (Wildman–Crippen LogP) is 1.99. The van der Waals surface area contributed by atoms with Crippen LogP contribution in [0.15, 0.2) is 48.5 Å². The summed E-state index contributed by atoms with van der Waals surface area (Å²) in [6, 6.07) is 14.6. The monoisotopic (exact) mass is 424 g/mol. The van der Waals surface area contributed by atoms with E-state index < -0.39 is 0 Å². The Labute approximate surface area is 182 Å². The van der Waals surface area contributed by atoms with Gasteiger partial charge in [0.15, 0.2) is 0 Å². The molecule has 0 bridgehead atoms. The van der Waals surface area contributed by atoms with Crippen molar-refractivity contribution in [3.63, 3.8) is 0 Å². The molecule has 1 fully saturated rings. The Morgan fingerprint density at radius 2 is 1.55 bits per heavy atom. The lowest BCUT2D eigenvalue weighted by Gasteiger charge is -2.35. The van der Waals surface area contributed by atoms with Crippen LogP contribution in [-0.2, 0) is 22.6 Å². The third-order valence-electron chi connectivity index (χ3n) is 6.16. The molecule has 6 nitrogen and oxygen atoms in total. The zero-order valence-electron chi connectivity index (χ0n) is 18.0. The zero-order chi connectivity index (χ0) is 21.8. The quantitative estimate of drug-likeness (QED) is 0.712. The molecule has 1 saturated heterocycles. The Morgan fingerprint density at radius 1 is 0.903 bits per heavy atom. The zero-order valence-corrected chi connectivity index (χ0v) is 18.0. The van der Waals surface area contributed by atoms with Crippen LogP contribution in [0.5, 0.6) is 0 Å². The summed E-state index contributed by atoms with van der Waals surface area (Å²) in [6.07, 6.45) is 0.915. The van der Waals surface area contributed by atoms with Crippen LogP contribution < -0.4 is 4.90 Å². The Hall–Kier alpha value is -2.77. The van der Waals surface area contributed by atoms with Crippen molar-refractivity contribution in [2.45, 2.75) is 13.0 Å². The summed E-state index contributed by atoms with van der Waals surface area (Å²) in [4.78, 5) is 33.1. The second-order valence-electron chi connectivity index (χ2n) is 8.32. The number of carbonyl (C=O) groups is 2. The van der Waals surface area contributed by atoms with Crippen molar-refractivity contribution in [1.29, 1.82) is 0 Å². The second kappa shape index (κ2) is 9.58. The number of hydrogen-bond donors (Lipinski definition) is 0. The highest BCUT2D eigenvalue weighted by atomic mass is 19.1. The molecule has 0 N–H and O–H groups in total. The lowest BCUT2D eigenvalue weighted by atomic mass is 10.2. The molecule has 2 aromatic rings. The number of likely N-dealkylation sites (N-methyl/N-ethyl adjacent to an activating group) is 1. The van der Waals surface area contributed by atoms with Gasteiger partial charge in [0.2, 0.25) is 11.8 Å². The normalized spacial score (nSPS) is 16.9. The summed E-state index contributed by atoms with van der Waals surface area (Å²) in [6.45, 7) is 4.72. The molecule has 0 unspecified atom stereocenters. The first-order chi connectivity index (χ1) is 15.0. The fourth-order valence-corrected chi connectivity index (χ4v) is 4.26. The van der Waals surface area contributed by atoms with E-state index in [1.54, 1.807) is 30.1 Å². The summed E-state index contributed by atoms with van der Waals surface area (Å²) >= 11 is 0. The van der Waals surface area contributed by atoms with Gasteiger partial charge in [0, 0.05) is 57.6 Å². The first-order valence-electron chi connectivity index (χ1n) is 10.8. The number of rotatable bonds is 6. The third-order valence-corrected chi connectivity index (χ3v) is 6.16. The Bertz CT molecular complexity index is 943. The minimum atomic E-state index is -0.291. The molecule has 2 heterocycles. The number of benzene rings is 2. The third kappa shape index (κ3) is 5.11. The van der Waals surface area contributed by atoms with Crippen molar-refractivity contribution in [1.82, 2.24) is 14.7 Å². The molecule has 2 aromatic carbocycles. The number of piperazine rings is 1. The molecule has 164 valence electrons. The Balaban J connectivity index is 1.22. The van der Waals surface area contributed by atoms with Crippen molar-refractivity contribution in [3.05, 3.63) is 65.5 Å². The molecule has 0 saturated carbocycles. The summed E-state index contributed by atoms with van der Waals surface area (Å²) in [5.41, 5.74) is 2.79. The lowest BCUT2D eigenvalue weighted by molar-refractivity contribution is -0.132. The van der Waals surface area contributed by atoms with Crippen molar-refractivity contribution in [2.75, 3.05) is 57.8 Å². The number of halogens is 1. The molecule has 2 aliphatic heterocycles. The van der Waals surface area contributed by atoms with Gasteiger partial charge < -0.3 is 9.80 Å². The van der Waals surface area contributed by atoms with Crippen LogP contribution in [0.1, 0.15) is 11.1 Å². The highest BCUT2D eigenvalue weighted by Gasteiger charge is 2.27. The molecule has 0 aromatic heterocycles. The van der Waals surface area contributed by atoms with E-state index in [1.807, 2.05) is 23.1 Å². The molecule has 0 spiro atoms. The summed E-state index contributed by atoms with van der Waals surface area (Å²) < 4.78 is 13.8. The van der Waals surface area contributed by atoms with Crippen LogP contribution in [0.4, 0.5) is 10.1 Å². The van der Waals surface area contributed by atoms with Crippen molar-refractivity contribution >= 4 is 17.5 Å². The van der Waals surface area contributed by atoms with Gasteiger partial charge in [0.25, 0.3) is 0 Å². The van der Waals surface area contributed by atoms with Gasteiger partial charge in [0.1, 0.15) is 5.82 Å². The topological polar surface area (TPSA) is 47.1 Å². The van der Waals surface area contributed by atoms with Gasteiger partial charge in [-0.1, -0.05) is 36.4 Å². The number of hydrogen-bond acceptors (Lipinski definition) is 4.